The summed E-state index contributed by atoms with van der Waals surface area (Å²) in [4.78, 5) is 0. The van der Waals surface area contributed by atoms with Crippen molar-refractivity contribution in [3.05, 3.63) is 12.2 Å². The predicted octanol–water partition coefficient (Wildman–Crippen LogP) is 4.42. The van der Waals surface area contributed by atoms with Crippen molar-refractivity contribution in [1.82, 2.24) is 0 Å². The second kappa shape index (κ2) is 7.39. The maximum atomic E-state index is 2.34. The lowest BCUT2D eigenvalue weighted by molar-refractivity contribution is 0.559. The molecule has 0 N–H and O–H groups in total. The first-order valence-corrected chi connectivity index (χ1v) is 5.28. The number of rotatable bonds is 6. The second-order valence-electron chi connectivity index (χ2n) is 4.43. The third-order valence-corrected chi connectivity index (χ3v) is 1.93. The van der Waals surface area contributed by atoms with Crippen LogP contribution in [0.4, 0.5) is 0 Å². The highest BCUT2D eigenvalue weighted by Crippen LogP contribution is 2.07. The summed E-state index contributed by atoms with van der Waals surface area (Å²) in [6.45, 7) is 9.10. The second-order valence-corrected chi connectivity index (χ2v) is 4.43. The van der Waals surface area contributed by atoms with E-state index >= 15 is 0 Å². The van der Waals surface area contributed by atoms with Gasteiger partial charge in [0.2, 0.25) is 0 Å². The van der Waals surface area contributed by atoms with Gasteiger partial charge in [0.1, 0.15) is 0 Å². The lowest BCUT2D eigenvalue weighted by Crippen LogP contribution is -1.85. The normalized spacial score (nSPS) is 12.2. The molecule has 0 unspecified atom stereocenters. The highest BCUT2D eigenvalue weighted by molar-refractivity contribution is 4.82. The van der Waals surface area contributed by atoms with E-state index in [1.54, 1.807) is 0 Å². The molecule has 0 fully saturated rings. The van der Waals surface area contributed by atoms with Gasteiger partial charge in [0.15, 0.2) is 0 Å². The molecule has 0 radical (unpaired) electrons. The van der Waals surface area contributed by atoms with E-state index in [1.165, 1.54) is 25.7 Å². The van der Waals surface area contributed by atoms with Gasteiger partial charge in [-0.25, -0.2) is 0 Å². The molecule has 0 aromatic carbocycles. The number of hydrogen-bond acceptors (Lipinski definition) is 0. The van der Waals surface area contributed by atoms with Gasteiger partial charge in [-0.2, -0.15) is 0 Å². The molecular formula is C12H24. The predicted molar refractivity (Wildman–Crippen MR) is 57.3 cm³/mol. The minimum Gasteiger partial charge on any atom is -0.0885 e. The maximum absolute atomic E-state index is 2.34. The molecule has 0 aliphatic heterocycles. The Morgan fingerprint density at radius 1 is 0.917 bits per heavy atom. The van der Waals surface area contributed by atoms with Crippen molar-refractivity contribution in [2.24, 2.45) is 11.8 Å². The molecule has 0 heteroatoms. The van der Waals surface area contributed by atoms with E-state index in [-0.39, 0.29) is 0 Å². The Kier molecular flexibility index (Phi) is 7.23. The van der Waals surface area contributed by atoms with Crippen LogP contribution >= 0.6 is 0 Å². The Hall–Kier alpha value is -0.260. The summed E-state index contributed by atoms with van der Waals surface area (Å²) >= 11 is 0. The number of allylic oxidation sites excluding steroid dienone is 2. The van der Waals surface area contributed by atoms with Crippen LogP contribution < -0.4 is 0 Å². The van der Waals surface area contributed by atoms with E-state index < -0.39 is 0 Å². The van der Waals surface area contributed by atoms with Gasteiger partial charge < -0.3 is 0 Å². The lowest BCUT2D eigenvalue weighted by atomic mass is 10.1. The summed E-state index contributed by atoms with van der Waals surface area (Å²) in [6, 6.07) is 0. The third-order valence-electron chi connectivity index (χ3n) is 1.93. The zero-order valence-corrected chi connectivity index (χ0v) is 9.14. The van der Waals surface area contributed by atoms with Crippen molar-refractivity contribution in [3.63, 3.8) is 0 Å². The number of unbranched alkanes of at least 4 members (excludes halogenated alkanes) is 1. The average Bonchev–Trinajstić information content (AvgIpc) is 1.95. The van der Waals surface area contributed by atoms with E-state index in [4.69, 9.17) is 0 Å². The van der Waals surface area contributed by atoms with E-state index in [0.717, 1.165) is 11.8 Å². The molecule has 0 saturated carbocycles. The zero-order chi connectivity index (χ0) is 9.40. The standard InChI is InChI=1S/C12H24/c1-11(2)9-7-5-6-8-10-12(3)4/h5,7,11-12H,6,8-10H2,1-4H3/b7-5-. The van der Waals surface area contributed by atoms with Gasteiger partial charge in [0.25, 0.3) is 0 Å². The lowest BCUT2D eigenvalue weighted by Gasteiger charge is -2.01. The SMILES string of the molecule is CC(C)C/C=C\CCCC(C)C. The Morgan fingerprint density at radius 2 is 1.58 bits per heavy atom. The molecule has 0 heterocycles. The van der Waals surface area contributed by atoms with Crippen LogP contribution in [0.5, 0.6) is 0 Å². The Bertz CT molecular complexity index is 109. The van der Waals surface area contributed by atoms with Gasteiger partial charge >= 0.3 is 0 Å². The van der Waals surface area contributed by atoms with Crippen molar-refractivity contribution in [2.75, 3.05) is 0 Å². The first-order chi connectivity index (χ1) is 5.63. The van der Waals surface area contributed by atoms with Gasteiger partial charge in [-0.3, -0.25) is 0 Å². The fraction of sp³-hybridized carbons (Fsp3) is 0.833. The van der Waals surface area contributed by atoms with Crippen LogP contribution in [0.3, 0.4) is 0 Å². The highest BCUT2D eigenvalue weighted by atomic mass is 14.0. The molecule has 0 aromatic heterocycles. The van der Waals surface area contributed by atoms with E-state index in [9.17, 15) is 0 Å². The zero-order valence-electron chi connectivity index (χ0n) is 9.14. The van der Waals surface area contributed by atoms with Gasteiger partial charge in [0.05, 0.1) is 0 Å². The largest absolute Gasteiger partial charge is 0.0885 e. The summed E-state index contributed by atoms with van der Waals surface area (Å²) in [5.74, 6) is 1.68. The smallest absolute Gasteiger partial charge is 0.0327 e. The molecule has 12 heavy (non-hydrogen) atoms. The maximum Gasteiger partial charge on any atom is -0.0327 e. The Morgan fingerprint density at radius 3 is 2.08 bits per heavy atom. The van der Waals surface area contributed by atoms with Gasteiger partial charge in [-0.15, -0.1) is 0 Å². The molecule has 0 spiro atoms. The van der Waals surface area contributed by atoms with Crippen LogP contribution in [0.1, 0.15) is 53.4 Å². The van der Waals surface area contributed by atoms with Crippen molar-refractivity contribution in [2.45, 2.75) is 53.4 Å². The summed E-state index contributed by atoms with van der Waals surface area (Å²) in [7, 11) is 0. The average molecular weight is 168 g/mol. The van der Waals surface area contributed by atoms with Crippen LogP contribution in [0, 0.1) is 11.8 Å². The third kappa shape index (κ3) is 9.74. The van der Waals surface area contributed by atoms with Crippen LogP contribution in [-0.4, -0.2) is 0 Å². The fourth-order valence-electron chi connectivity index (χ4n) is 1.13. The molecule has 0 aliphatic carbocycles. The van der Waals surface area contributed by atoms with Crippen molar-refractivity contribution >= 4 is 0 Å². The quantitative estimate of drug-likeness (QED) is 0.407. The molecule has 0 bridgehead atoms. The van der Waals surface area contributed by atoms with E-state index in [2.05, 4.69) is 39.8 Å². The summed E-state index contributed by atoms with van der Waals surface area (Å²) in [5.41, 5.74) is 0. The fourth-order valence-corrected chi connectivity index (χ4v) is 1.13. The first-order valence-electron chi connectivity index (χ1n) is 5.28. The van der Waals surface area contributed by atoms with Crippen molar-refractivity contribution in [1.29, 1.82) is 0 Å². The highest BCUT2D eigenvalue weighted by Gasteiger charge is 1.91. The Labute approximate surface area is 78.1 Å². The molecule has 0 amide bonds. The van der Waals surface area contributed by atoms with Crippen molar-refractivity contribution < 1.29 is 0 Å². The minimum atomic E-state index is 0.811. The Balaban J connectivity index is 3.13. The molecule has 72 valence electrons. The molecule has 0 aliphatic rings. The summed E-state index contributed by atoms with van der Waals surface area (Å²) in [6.07, 6.45) is 9.89. The van der Waals surface area contributed by atoms with Crippen molar-refractivity contribution in [3.8, 4) is 0 Å². The molecule has 0 atom stereocenters. The summed E-state index contributed by atoms with van der Waals surface area (Å²) < 4.78 is 0. The molecule has 0 aromatic rings. The first kappa shape index (κ1) is 11.7. The van der Waals surface area contributed by atoms with Crippen LogP contribution in [0.15, 0.2) is 12.2 Å². The van der Waals surface area contributed by atoms with E-state index in [1.807, 2.05) is 0 Å². The van der Waals surface area contributed by atoms with Crippen LogP contribution in [0.25, 0.3) is 0 Å². The summed E-state index contributed by atoms with van der Waals surface area (Å²) in [5, 5.41) is 0. The number of hydrogen-bond donors (Lipinski definition) is 0. The van der Waals surface area contributed by atoms with Gasteiger partial charge in [-0.05, 0) is 31.1 Å². The molecular weight excluding hydrogens is 144 g/mol. The molecule has 0 rings (SSSR count). The van der Waals surface area contributed by atoms with Crippen LogP contribution in [-0.2, 0) is 0 Å². The van der Waals surface area contributed by atoms with E-state index in [0.29, 0.717) is 0 Å². The van der Waals surface area contributed by atoms with Gasteiger partial charge in [-0.1, -0.05) is 46.3 Å². The monoisotopic (exact) mass is 168 g/mol. The molecule has 0 nitrogen and oxygen atoms in total. The topological polar surface area (TPSA) is 0 Å². The van der Waals surface area contributed by atoms with Crippen LogP contribution in [0.2, 0.25) is 0 Å². The minimum absolute atomic E-state index is 0.811. The molecule has 0 saturated heterocycles. The van der Waals surface area contributed by atoms with Gasteiger partial charge in [0, 0.05) is 0 Å².